The van der Waals surface area contributed by atoms with Crippen LogP contribution in [0.2, 0.25) is 10.0 Å². The number of halogens is 6. The first-order valence-corrected chi connectivity index (χ1v) is 8.87. The summed E-state index contributed by atoms with van der Waals surface area (Å²) in [7, 11) is 1.86. The molecule has 0 amide bonds. The van der Waals surface area contributed by atoms with E-state index in [1.54, 1.807) is 25.4 Å². The zero-order valence-electron chi connectivity index (χ0n) is 15.0. The maximum atomic E-state index is 14.3. The fourth-order valence-corrected chi connectivity index (χ4v) is 2.86. The molecule has 0 atom stereocenters. The summed E-state index contributed by atoms with van der Waals surface area (Å²) in [5.41, 5.74) is 0.726. The van der Waals surface area contributed by atoms with E-state index in [2.05, 4.69) is 4.99 Å². The molecule has 146 valence electrons. The van der Waals surface area contributed by atoms with Gasteiger partial charge in [0, 0.05) is 20.0 Å². The largest absolute Gasteiger partial charge is 0.416 e. The highest BCUT2D eigenvalue weighted by Gasteiger charge is 2.32. The van der Waals surface area contributed by atoms with E-state index >= 15 is 0 Å². The van der Waals surface area contributed by atoms with Crippen molar-refractivity contribution in [3.63, 3.8) is 0 Å². The topological polar surface area (TPSA) is 15.6 Å². The molecule has 27 heavy (non-hydrogen) atoms. The zero-order valence-corrected chi connectivity index (χ0v) is 16.5. The van der Waals surface area contributed by atoms with Gasteiger partial charge in [0.1, 0.15) is 5.82 Å². The van der Waals surface area contributed by atoms with E-state index in [0.717, 1.165) is 18.2 Å². The van der Waals surface area contributed by atoms with E-state index in [1.807, 2.05) is 18.9 Å². The Morgan fingerprint density at radius 1 is 1.07 bits per heavy atom. The number of nitrogens with zero attached hydrogens (tertiary/aromatic N) is 2. The molecule has 0 heterocycles. The summed E-state index contributed by atoms with van der Waals surface area (Å²) in [5.74, 6) is -0.869. The summed E-state index contributed by atoms with van der Waals surface area (Å²) in [6.07, 6.45) is -3.05. The van der Waals surface area contributed by atoms with Crippen LogP contribution in [0.4, 0.5) is 23.2 Å². The number of benzene rings is 2. The number of aliphatic imine (C=N–C) groups is 1. The second-order valence-corrected chi connectivity index (χ2v) is 6.97. The minimum Gasteiger partial charge on any atom is -0.366 e. The Balaban J connectivity index is 2.40. The van der Waals surface area contributed by atoms with Crippen LogP contribution in [0.1, 0.15) is 29.2 Å². The van der Waals surface area contributed by atoms with Crippen LogP contribution in [0, 0.1) is 12.7 Å². The highest BCUT2D eigenvalue weighted by atomic mass is 35.5. The van der Waals surface area contributed by atoms with Gasteiger partial charge in [-0.05, 0) is 54.8 Å². The predicted molar refractivity (Wildman–Crippen MR) is 102 cm³/mol. The number of hydrogen-bond donors (Lipinski definition) is 0. The van der Waals surface area contributed by atoms with Crippen LogP contribution < -0.4 is 0 Å². The summed E-state index contributed by atoms with van der Waals surface area (Å²) in [6.45, 7) is 4.51. The van der Waals surface area contributed by atoms with E-state index in [1.165, 1.54) is 0 Å². The van der Waals surface area contributed by atoms with Crippen molar-refractivity contribution in [3.05, 3.63) is 62.4 Å². The lowest BCUT2D eigenvalue weighted by Gasteiger charge is -2.14. The molecule has 2 aromatic rings. The van der Waals surface area contributed by atoms with Crippen molar-refractivity contribution in [2.24, 2.45) is 4.99 Å². The Labute approximate surface area is 165 Å². The molecule has 8 heteroatoms. The third-order valence-corrected chi connectivity index (χ3v) is 4.69. The Morgan fingerprint density at radius 3 is 2.33 bits per heavy atom. The second-order valence-electron chi connectivity index (χ2n) is 6.15. The lowest BCUT2D eigenvalue weighted by molar-refractivity contribution is -0.137. The van der Waals surface area contributed by atoms with Gasteiger partial charge < -0.3 is 4.90 Å². The number of alkyl halides is 3. The molecule has 0 bridgehead atoms. The molecule has 0 saturated heterocycles. The average molecular weight is 421 g/mol. The minimum absolute atomic E-state index is 0.0696. The van der Waals surface area contributed by atoms with E-state index in [0.29, 0.717) is 22.3 Å². The molecule has 0 fully saturated rings. The maximum absolute atomic E-state index is 14.3. The highest BCUT2D eigenvalue weighted by molar-refractivity contribution is 6.33. The molecule has 0 aliphatic heterocycles. The molecule has 0 radical (unpaired) electrons. The first-order valence-electron chi connectivity index (χ1n) is 8.11. The standard InChI is InChI=1S/C19H18Cl2F4N2/c1-4-27(3)10-26-17-5-11(2)12(8-15(17)20)6-13-7-14(19(23,24)25)9-16(21)18(13)22/h5,7-10H,4,6H2,1-3H3/b26-10-. The monoisotopic (exact) mass is 420 g/mol. The summed E-state index contributed by atoms with van der Waals surface area (Å²) in [4.78, 5) is 6.15. The van der Waals surface area contributed by atoms with Crippen molar-refractivity contribution in [2.75, 3.05) is 13.6 Å². The quantitative estimate of drug-likeness (QED) is 0.299. The van der Waals surface area contributed by atoms with Crippen LogP contribution in [0.5, 0.6) is 0 Å². The molecule has 0 spiro atoms. The molecule has 0 aromatic heterocycles. The first kappa shape index (κ1) is 21.5. The lowest BCUT2D eigenvalue weighted by atomic mass is 9.98. The Kier molecular flexibility index (Phi) is 6.76. The zero-order chi connectivity index (χ0) is 20.4. The van der Waals surface area contributed by atoms with E-state index in [-0.39, 0.29) is 12.0 Å². The average Bonchev–Trinajstić information content (AvgIpc) is 2.58. The third-order valence-electron chi connectivity index (χ3n) is 4.11. The van der Waals surface area contributed by atoms with Gasteiger partial charge in [-0.1, -0.05) is 23.2 Å². The van der Waals surface area contributed by atoms with E-state index in [9.17, 15) is 17.6 Å². The summed E-state index contributed by atoms with van der Waals surface area (Å²) in [6, 6.07) is 4.66. The number of rotatable bonds is 5. The lowest BCUT2D eigenvalue weighted by Crippen LogP contribution is -2.14. The molecule has 2 rings (SSSR count). The number of aryl methyl sites for hydroxylation is 1. The third kappa shape index (κ3) is 5.36. The van der Waals surface area contributed by atoms with E-state index < -0.39 is 22.6 Å². The van der Waals surface area contributed by atoms with Gasteiger partial charge in [-0.15, -0.1) is 0 Å². The van der Waals surface area contributed by atoms with Crippen molar-refractivity contribution < 1.29 is 17.6 Å². The van der Waals surface area contributed by atoms with Crippen LogP contribution in [0.3, 0.4) is 0 Å². The number of hydrogen-bond acceptors (Lipinski definition) is 1. The van der Waals surface area contributed by atoms with Gasteiger partial charge in [-0.25, -0.2) is 9.38 Å². The van der Waals surface area contributed by atoms with Crippen molar-refractivity contribution in [2.45, 2.75) is 26.4 Å². The molecule has 0 unspecified atom stereocenters. The predicted octanol–water partition coefficient (Wildman–Crippen LogP) is 6.66. The van der Waals surface area contributed by atoms with Crippen LogP contribution in [-0.4, -0.2) is 24.8 Å². The van der Waals surface area contributed by atoms with Crippen LogP contribution in [0.15, 0.2) is 29.3 Å². The SMILES string of the molecule is CCN(C)/C=N\c1cc(C)c(Cc2cc(C(F)(F)F)cc(Cl)c2F)cc1Cl. The fraction of sp³-hybridized carbons (Fsp3) is 0.316. The van der Waals surface area contributed by atoms with Crippen molar-refractivity contribution in [1.29, 1.82) is 0 Å². The second kappa shape index (κ2) is 8.48. The Hall–Kier alpha value is -1.79. The fourth-order valence-electron chi connectivity index (χ4n) is 2.38. The molecule has 0 N–H and O–H groups in total. The van der Waals surface area contributed by atoms with Crippen LogP contribution in [0.25, 0.3) is 0 Å². The van der Waals surface area contributed by atoms with Gasteiger partial charge in [0.05, 0.1) is 27.6 Å². The molecule has 2 aromatic carbocycles. The molecule has 0 saturated carbocycles. The van der Waals surface area contributed by atoms with Gasteiger partial charge in [0.2, 0.25) is 0 Å². The summed E-state index contributed by atoms with van der Waals surface area (Å²) >= 11 is 11.9. The molecular formula is C19H18Cl2F4N2. The molecule has 0 aliphatic rings. The molecular weight excluding hydrogens is 403 g/mol. The van der Waals surface area contributed by atoms with Gasteiger partial charge >= 0.3 is 6.18 Å². The minimum atomic E-state index is -4.61. The maximum Gasteiger partial charge on any atom is 0.416 e. The molecule has 2 nitrogen and oxygen atoms in total. The van der Waals surface area contributed by atoms with Crippen LogP contribution in [-0.2, 0) is 12.6 Å². The normalized spacial score (nSPS) is 12.0. The van der Waals surface area contributed by atoms with Crippen molar-refractivity contribution in [1.82, 2.24) is 4.90 Å². The Bertz CT molecular complexity index is 864. The van der Waals surface area contributed by atoms with Gasteiger partial charge in [0.15, 0.2) is 0 Å². The Morgan fingerprint density at radius 2 is 1.74 bits per heavy atom. The van der Waals surface area contributed by atoms with E-state index in [4.69, 9.17) is 23.2 Å². The van der Waals surface area contributed by atoms with Crippen molar-refractivity contribution >= 4 is 35.2 Å². The highest BCUT2D eigenvalue weighted by Crippen LogP contribution is 2.35. The van der Waals surface area contributed by atoms with Gasteiger partial charge in [-0.3, -0.25) is 0 Å². The smallest absolute Gasteiger partial charge is 0.366 e. The summed E-state index contributed by atoms with van der Waals surface area (Å²) < 4.78 is 53.2. The van der Waals surface area contributed by atoms with Crippen molar-refractivity contribution in [3.8, 4) is 0 Å². The molecule has 0 aliphatic carbocycles. The van der Waals surface area contributed by atoms with Crippen LogP contribution >= 0.6 is 23.2 Å². The first-order chi connectivity index (χ1) is 12.5. The van der Waals surface area contributed by atoms with Gasteiger partial charge in [-0.2, -0.15) is 13.2 Å². The summed E-state index contributed by atoms with van der Waals surface area (Å²) in [5, 5.41) is -0.234. The van der Waals surface area contributed by atoms with Gasteiger partial charge in [0.25, 0.3) is 0 Å².